The minimum absolute atomic E-state index is 0.0887. The molecule has 1 aromatic heterocycles. The standard InChI is InChI=1S/C21H21NO2S/c1-14(15-7-8-15)22(17-9-11-18(24-2)12-10-17)21(23)20-13-16-5-3-4-6-19(16)25-20/h3-6,9-15H,7-8H2,1-2H3/t14-/m0/s1. The summed E-state index contributed by atoms with van der Waals surface area (Å²) in [5, 5.41) is 1.13. The van der Waals surface area contributed by atoms with Gasteiger partial charge in [-0.05, 0) is 67.5 Å². The first kappa shape index (κ1) is 16.2. The SMILES string of the molecule is COc1ccc(N(C(=O)c2cc3ccccc3s2)[C@@H](C)C2CC2)cc1. The van der Waals surface area contributed by atoms with Crippen molar-refractivity contribution in [2.75, 3.05) is 12.0 Å². The summed E-state index contributed by atoms with van der Waals surface area (Å²) >= 11 is 1.57. The largest absolute Gasteiger partial charge is 0.497 e. The highest BCUT2D eigenvalue weighted by atomic mass is 32.1. The van der Waals surface area contributed by atoms with Crippen LogP contribution in [0, 0.1) is 5.92 Å². The summed E-state index contributed by atoms with van der Waals surface area (Å²) in [6.45, 7) is 2.16. The molecule has 1 aliphatic carbocycles. The predicted octanol–water partition coefficient (Wildman–Crippen LogP) is 5.36. The molecule has 1 fully saturated rings. The van der Waals surface area contributed by atoms with Gasteiger partial charge in [-0.2, -0.15) is 0 Å². The molecule has 0 bridgehead atoms. The quantitative estimate of drug-likeness (QED) is 0.620. The minimum Gasteiger partial charge on any atom is -0.497 e. The van der Waals surface area contributed by atoms with Gasteiger partial charge in [0, 0.05) is 16.4 Å². The van der Waals surface area contributed by atoms with Crippen LogP contribution in [-0.4, -0.2) is 19.1 Å². The highest BCUT2D eigenvalue weighted by molar-refractivity contribution is 7.20. The lowest BCUT2D eigenvalue weighted by molar-refractivity contribution is 0.0979. The fourth-order valence-electron chi connectivity index (χ4n) is 3.28. The molecule has 4 rings (SSSR count). The van der Waals surface area contributed by atoms with Crippen LogP contribution in [0.4, 0.5) is 5.69 Å². The van der Waals surface area contributed by atoms with E-state index >= 15 is 0 Å². The predicted molar refractivity (Wildman–Crippen MR) is 104 cm³/mol. The summed E-state index contributed by atoms with van der Waals surface area (Å²) in [6.07, 6.45) is 2.40. The molecule has 0 unspecified atom stereocenters. The van der Waals surface area contributed by atoms with E-state index in [4.69, 9.17) is 4.74 Å². The zero-order chi connectivity index (χ0) is 17.4. The monoisotopic (exact) mass is 351 g/mol. The molecule has 1 saturated carbocycles. The minimum atomic E-state index is 0.0887. The van der Waals surface area contributed by atoms with Gasteiger partial charge in [-0.3, -0.25) is 4.79 Å². The van der Waals surface area contributed by atoms with Crippen LogP contribution in [0.3, 0.4) is 0 Å². The van der Waals surface area contributed by atoms with Crippen LogP contribution >= 0.6 is 11.3 Å². The van der Waals surface area contributed by atoms with Crippen molar-refractivity contribution in [3.8, 4) is 5.75 Å². The Balaban J connectivity index is 1.72. The first-order chi connectivity index (χ1) is 12.2. The maximum atomic E-state index is 13.3. The van der Waals surface area contributed by atoms with Gasteiger partial charge in [0.2, 0.25) is 0 Å². The average molecular weight is 351 g/mol. The molecule has 0 saturated heterocycles. The number of benzene rings is 2. The van der Waals surface area contributed by atoms with E-state index < -0.39 is 0 Å². The Labute approximate surface area is 151 Å². The van der Waals surface area contributed by atoms with Crippen LogP contribution in [0.25, 0.3) is 10.1 Å². The Morgan fingerprint density at radius 1 is 1.16 bits per heavy atom. The van der Waals surface area contributed by atoms with Crippen LogP contribution in [0.1, 0.15) is 29.4 Å². The smallest absolute Gasteiger partial charge is 0.268 e. The number of methoxy groups -OCH3 is 1. The first-order valence-electron chi connectivity index (χ1n) is 8.63. The molecule has 128 valence electrons. The van der Waals surface area contributed by atoms with E-state index in [1.807, 2.05) is 47.4 Å². The van der Waals surface area contributed by atoms with Gasteiger partial charge >= 0.3 is 0 Å². The maximum absolute atomic E-state index is 13.3. The third-order valence-electron chi connectivity index (χ3n) is 4.92. The van der Waals surface area contributed by atoms with Crippen LogP contribution in [-0.2, 0) is 0 Å². The molecule has 1 heterocycles. The molecule has 1 amide bonds. The summed E-state index contributed by atoms with van der Waals surface area (Å²) in [7, 11) is 1.65. The van der Waals surface area contributed by atoms with Crippen LogP contribution in [0.5, 0.6) is 5.75 Å². The number of carbonyl (C=O) groups excluding carboxylic acids is 1. The van der Waals surface area contributed by atoms with Gasteiger partial charge in [0.05, 0.1) is 12.0 Å². The second-order valence-corrected chi connectivity index (χ2v) is 7.68. The van der Waals surface area contributed by atoms with Crippen molar-refractivity contribution in [1.29, 1.82) is 0 Å². The lowest BCUT2D eigenvalue weighted by Crippen LogP contribution is -2.39. The number of fused-ring (bicyclic) bond motifs is 1. The lowest BCUT2D eigenvalue weighted by Gasteiger charge is -2.29. The molecule has 4 heteroatoms. The molecular weight excluding hydrogens is 330 g/mol. The van der Waals surface area contributed by atoms with Crippen molar-refractivity contribution in [3.63, 3.8) is 0 Å². The van der Waals surface area contributed by atoms with Crippen LogP contribution in [0.2, 0.25) is 0 Å². The van der Waals surface area contributed by atoms with E-state index in [0.717, 1.165) is 26.4 Å². The fraction of sp³-hybridized carbons (Fsp3) is 0.286. The Bertz CT molecular complexity index is 863. The van der Waals surface area contributed by atoms with Gasteiger partial charge in [-0.1, -0.05) is 18.2 Å². The Kier molecular flexibility index (Phi) is 4.22. The van der Waals surface area contributed by atoms with E-state index in [1.165, 1.54) is 12.8 Å². The molecule has 3 nitrogen and oxygen atoms in total. The first-order valence-corrected chi connectivity index (χ1v) is 9.45. The average Bonchev–Trinajstić information content (AvgIpc) is 3.40. The second-order valence-electron chi connectivity index (χ2n) is 6.60. The second kappa shape index (κ2) is 6.52. The maximum Gasteiger partial charge on any atom is 0.268 e. The third-order valence-corrected chi connectivity index (χ3v) is 6.02. The molecule has 0 radical (unpaired) electrons. The van der Waals surface area contributed by atoms with Crippen LogP contribution < -0.4 is 9.64 Å². The molecule has 0 spiro atoms. The van der Waals surface area contributed by atoms with Gasteiger partial charge in [0.25, 0.3) is 5.91 Å². The molecule has 1 aliphatic rings. The number of rotatable bonds is 5. The van der Waals surface area contributed by atoms with Crippen LogP contribution in [0.15, 0.2) is 54.6 Å². The number of carbonyl (C=O) groups is 1. The topological polar surface area (TPSA) is 29.5 Å². The zero-order valence-corrected chi connectivity index (χ0v) is 15.3. The molecule has 2 aromatic carbocycles. The van der Waals surface area contributed by atoms with Gasteiger partial charge in [0.1, 0.15) is 5.75 Å². The van der Waals surface area contributed by atoms with E-state index in [-0.39, 0.29) is 11.9 Å². The molecule has 0 aliphatic heterocycles. The highest BCUT2D eigenvalue weighted by Crippen LogP contribution is 2.38. The fourth-order valence-corrected chi connectivity index (χ4v) is 4.28. The lowest BCUT2D eigenvalue weighted by atomic mass is 10.1. The van der Waals surface area contributed by atoms with Crippen molar-refractivity contribution in [1.82, 2.24) is 0 Å². The number of nitrogens with zero attached hydrogens (tertiary/aromatic N) is 1. The Hall–Kier alpha value is -2.33. The van der Waals surface area contributed by atoms with Crippen molar-refractivity contribution in [2.24, 2.45) is 5.92 Å². The van der Waals surface area contributed by atoms with Crippen molar-refractivity contribution in [2.45, 2.75) is 25.8 Å². The van der Waals surface area contributed by atoms with Crippen molar-refractivity contribution >= 4 is 33.0 Å². The van der Waals surface area contributed by atoms with E-state index in [0.29, 0.717) is 5.92 Å². The number of anilines is 1. The summed E-state index contributed by atoms with van der Waals surface area (Å²) in [5.41, 5.74) is 0.933. The normalized spacial score (nSPS) is 15.1. The third kappa shape index (κ3) is 3.14. The summed E-state index contributed by atoms with van der Waals surface area (Å²) < 4.78 is 6.41. The van der Waals surface area contributed by atoms with Gasteiger partial charge in [-0.25, -0.2) is 0 Å². The molecule has 0 N–H and O–H groups in total. The Morgan fingerprint density at radius 3 is 2.52 bits per heavy atom. The molecular formula is C21H21NO2S. The van der Waals surface area contributed by atoms with Crippen molar-refractivity contribution in [3.05, 3.63) is 59.5 Å². The van der Waals surface area contributed by atoms with Gasteiger partial charge in [-0.15, -0.1) is 11.3 Å². The number of ether oxygens (including phenoxy) is 1. The Morgan fingerprint density at radius 2 is 1.88 bits per heavy atom. The van der Waals surface area contributed by atoms with E-state index in [1.54, 1.807) is 18.4 Å². The number of amides is 1. The summed E-state index contributed by atoms with van der Waals surface area (Å²) in [6, 6.07) is 18.2. The number of hydrogen-bond donors (Lipinski definition) is 0. The molecule has 1 atom stereocenters. The summed E-state index contributed by atoms with van der Waals surface area (Å²) in [5.74, 6) is 1.49. The van der Waals surface area contributed by atoms with Gasteiger partial charge < -0.3 is 9.64 Å². The van der Waals surface area contributed by atoms with E-state index in [9.17, 15) is 4.79 Å². The molecule has 25 heavy (non-hydrogen) atoms. The number of hydrogen-bond acceptors (Lipinski definition) is 3. The van der Waals surface area contributed by atoms with Gasteiger partial charge in [0.15, 0.2) is 0 Å². The molecule has 3 aromatic rings. The van der Waals surface area contributed by atoms with E-state index in [2.05, 4.69) is 19.1 Å². The van der Waals surface area contributed by atoms with Crippen molar-refractivity contribution < 1.29 is 9.53 Å². The zero-order valence-electron chi connectivity index (χ0n) is 14.4. The number of thiophene rings is 1. The highest BCUT2D eigenvalue weighted by Gasteiger charge is 2.36. The summed E-state index contributed by atoms with van der Waals surface area (Å²) in [4.78, 5) is 16.1.